The number of nitrogens with zero attached hydrogens (tertiary/aromatic N) is 1. The van der Waals surface area contributed by atoms with E-state index in [0.717, 1.165) is 5.56 Å². The van der Waals surface area contributed by atoms with E-state index in [9.17, 15) is 18.0 Å². The van der Waals surface area contributed by atoms with Crippen molar-refractivity contribution < 1.29 is 32.2 Å². The van der Waals surface area contributed by atoms with Crippen molar-refractivity contribution in [2.45, 2.75) is 11.3 Å². The van der Waals surface area contributed by atoms with Gasteiger partial charge in [-0.25, -0.2) is 8.42 Å². The van der Waals surface area contributed by atoms with E-state index in [4.69, 9.17) is 25.8 Å². The zero-order valence-corrected chi connectivity index (χ0v) is 23.7. The van der Waals surface area contributed by atoms with E-state index in [1.165, 1.54) is 22.5 Å². The number of hydrogen-bond acceptors (Lipinski definition) is 7. The van der Waals surface area contributed by atoms with Gasteiger partial charge < -0.3 is 24.8 Å². The molecule has 0 radical (unpaired) electrons. The van der Waals surface area contributed by atoms with Gasteiger partial charge in [-0.3, -0.25) is 9.59 Å². The first-order chi connectivity index (χ1) is 19.2. The monoisotopic (exact) mass is 587 g/mol. The summed E-state index contributed by atoms with van der Waals surface area (Å²) >= 11 is 6.28. The number of ether oxygens (including phenoxy) is 3. The van der Waals surface area contributed by atoms with Gasteiger partial charge in [0, 0.05) is 19.6 Å². The molecule has 0 atom stereocenters. The molecule has 4 rings (SSSR count). The number of sulfonamides is 1. The Hall–Kier alpha value is -3.64. The van der Waals surface area contributed by atoms with Crippen molar-refractivity contribution >= 4 is 39.1 Å². The minimum atomic E-state index is -3.84. The second-order valence-corrected chi connectivity index (χ2v) is 11.2. The molecule has 1 aliphatic heterocycles. The number of hydrogen-bond donors (Lipinski definition) is 2. The van der Waals surface area contributed by atoms with E-state index in [0.29, 0.717) is 37.7 Å². The van der Waals surface area contributed by atoms with Gasteiger partial charge in [0.25, 0.3) is 11.8 Å². The standard InChI is InChI=1S/C28H30ClN3O7S/c1-37-25-10-7-19(17-26(25)38-2)11-12-30-27(33)21-5-3-4-6-24(21)31-28(34)22-18-20(8-9-23(22)29)40(35,36)32-13-15-39-16-14-32/h3-10,17-18H,11-16H2,1-2H3,(H,30,33)(H,31,34). The second-order valence-electron chi connectivity index (χ2n) is 8.85. The number of morpholine rings is 1. The Morgan fingerprint density at radius 3 is 2.38 bits per heavy atom. The smallest absolute Gasteiger partial charge is 0.257 e. The Labute approximate surface area is 238 Å². The predicted octanol–water partition coefficient (Wildman–Crippen LogP) is 3.60. The Balaban J connectivity index is 1.46. The van der Waals surface area contributed by atoms with Crippen molar-refractivity contribution in [3.05, 3.63) is 82.4 Å². The van der Waals surface area contributed by atoms with Crippen LogP contribution in [0.25, 0.3) is 0 Å². The lowest BCUT2D eigenvalue weighted by atomic mass is 10.1. The molecule has 0 spiro atoms. The highest BCUT2D eigenvalue weighted by atomic mass is 35.5. The number of carbonyl (C=O) groups is 2. The topological polar surface area (TPSA) is 123 Å². The van der Waals surface area contributed by atoms with E-state index in [1.807, 2.05) is 12.1 Å². The fourth-order valence-corrected chi connectivity index (χ4v) is 5.84. The quantitative estimate of drug-likeness (QED) is 0.371. The summed E-state index contributed by atoms with van der Waals surface area (Å²) in [6, 6.07) is 16.0. The Morgan fingerprint density at radius 2 is 1.65 bits per heavy atom. The van der Waals surface area contributed by atoms with Crippen molar-refractivity contribution in [1.29, 1.82) is 0 Å². The van der Waals surface area contributed by atoms with E-state index in [2.05, 4.69) is 10.6 Å². The highest BCUT2D eigenvalue weighted by Crippen LogP contribution is 2.28. The van der Waals surface area contributed by atoms with Crippen LogP contribution in [0.15, 0.2) is 65.6 Å². The fraction of sp³-hybridized carbons (Fsp3) is 0.286. The van der Waals surface area contributed by atoms with Gasteiger partial charge in [0.05, 0.1) is 54.2 Å². The molecule has 0 aromatic heterocycles. The molecule has 0 aliphatic carbocycles. The van der Waals surface area contributed by atoms with E-state index in [-0.39, 0.29) is 45.7 Å². The van der Waals surface area contributed by atoms with Crippen molar-refractivity contribution in [2.75, 3.05) is 52.4 Å². The molecule has 0 bridgehead atoms. The summed E-state index contributed by atoms with van der Waals surface area (Å²) in [5.41, 5.74) is 1.42. The van der Waals surface area contributed by atoms with Crippen molar-refractivity contribution in [2.24, 2.45) is 0 Å². The van der Waals surface area contributed by atoms with Crippen LogP contribution in [-0.4, -0.2) is 71.6 Å². The summed E-state index contributed by atoms with van der Waals surface area (Å²) in [5, 5.41) is 5.64. The number of anilines is 1. The van der Waals surface area contributed by atoms with Gasteiger partial charge in [0.1, 0.15) is 0 Å². The zero-order chi connectivity index (χ0) is 28.7. The van der Waals surface area contributed by atoms with Crippen LogP contribution in [0.4, 0.5) is 5.69 Å². The molecule has 1 fully saturated rings. The average Bonchev–Trinajstić information content (AvgIpc) is 2.97. The average molecular weight is 588 g/mol. The maximum absolute atomic E-state index is 13.2. The van der Waals surface area contributed by atoms with Crippen LogP contribution in [-0.2, 0) is 21.2 Å². The van der Waals surface area contributed by atoms with Gasteiger partial charge in [-0.1, -0.05) is 29.8 Å². The van der Waals surface area contributed by atoms with Crippen LogP contribution in [0.1, 0.15) is 26.3 Å². The van der Waals surface area contributed by atoms with Gasteiger partial charge >= 0.3 is 0 Å². The summed E-state index contributed by atoms with van der Waals surface area (Å²) < 4.78 is 43.3. The third-order valence-corrected chi connectivity index (χ3v) is 8.58. The lowest BCUT2D eigenvalue weighted by molar-refractivity contribution is 0.0730. The molecule has 1 saturated heterocycles. The molecule has 3 aromatic rings. The number of halogens is 1. The predicted molar refractivity (Wildman–Crippen MR) is 151 cm³/mol. The lowest BCUT2D eigenvalue weighted by Crippen LogP contribution is -2.40. The summed E-state index contributed by atoms with van der Waals surface area (Å²) in [6.45, 7) is 1.38. The molecule has 0 unspecified atom stereocenters. The van der Waals surface area contributed by atoms with Crippen LogP contribution in [0.2, 0.25) is 5.02 Å². The maximum Gasteiger partial charge on any atom is 0.257 e. The molecule has 2 amide bonds. The molecule has 212 valence electrons. The van der Waals surface area contributed by atoms with Gasteiger partial charge in [-0.15, -0.1) is 0 Å². The summed E-state index contributed by atoms with van der Waals surface area (Å²) in [4.78, 5) is 26.1. The Bertz CT molecular complexity index is 1490. The van der Waals surface area contributed by atoms with Gasteiger partial charge in [-0.05, 0) is 54.4 Å². The van der Waals surface area contributed by atoms with E-state index < -0.39 is 15.9 Å². The number of methoxy groups -OCH3 is 2. The number of nitrogens with one attached hydrogen (secondary N) is 2. The minimum absolute atomic E-state index is 0.0281. The highest BCUT2D eigenvalue weighted by molar-refractivity contribution is 7.89. The lowest BCUT2D eigenvalue weighted by Gasteiger charge is -2.26. The molecule has 40 heavy (non-hydrogen) atoms. The molecular weight excluding hydrogens is 558 g/mol. The Kier molecular flexibility index (Phi) is 9.64. The Morgan fingerprint density at radius 1 is 0.925 bits per heavy atom. The number of para-hydroxylation sites is 1. The van der Waals surface area contributed by atoms with Crippen molar-refractivity contribution in [3.8, 4) is 11.5 Å². The van der Waals surface area contributed by atoms with Crippen LogP contribution >= 0.6 is 11.6 Å². The van der Waals surface area contributed by atoms with Crippen LogP contribution in [0, 0.1) is 0 Å². The number of benzene rings is 3. The fourth-order valence-electron chi connectivity index (χ4n) is 4.21. The summed E-state index contributed by atoms with van der Waals surface area (Å²) in [5.74, 6) is 0.185. The molecule has 12 heteroatoms. The van der Waals surface area contributed by atoms with Gasteiger partial charge in [0.15, 0.2) is 11.5 Å². The van der Waals surface area contributed by atoms with Crippen LogP contribution in [0.3, 0.4) is 0 Å². The van der Waals surface area contributed by atoms with Crippen LogP contribution in [0.5, 0.6) is 11.5 Å². The van der Waals surface area contributed by atoms with Crippen molar-refractivity contribution in [3.63, 3.8) is 0 Å². The normalized spacial score (nSPS) is 13.9. The minimum Gasteiger partial charge on any atom is -0.493 e. The van der Waals surface area contributed by atoms with E-state index >= 15 is 0 Å². The first-order valence-electron chi connectivity index (χ1n) is 12.5. The zero-order valence-electron chi connectivity index (χ0n) is 22.1. The van der Waals surface area contributed by atoms with Gasteiger partial charge in [0.2, 0.25) is 10.0 Å². The number of amides is 2. The SMILES string of the molecule is COc1ccc(CCNC(=O)c2ccccc2NC(=O)c2cc(S(=O)(=O)N3CCOCC3)ccc2Cl)cc1OC. The molecule has 1 aliphatic rings. The number of rotatable bonds is 10. The largest absolute Gasteiger partial charge is 0.493 e. The second kappa shape index (κ2) is 13.1. The maximum atomic E-state index is 13.2. The third-order valence-electron chi connectivity index (χ3n) is 6.36. The molecule has 0 saturated carbocycles. The molecule has 3 aromatic carbocycles. The van der Waals surface area contributed by atoms with Gasteiger partial charge in [-0.2, -0.15) is 4.31 Å². The van der Waals surface area contributed by atoms with E-state index in [1.54, 1.807) is 44.6 Å². The molecule has 10 nitrogen and oxygen atoms in total. The third kappa shape index (κ3) is 6.73. The molecule has 1 heterocycles. The van der Waals surface area contributed by atoms with Crippen LogP contribution < -0.4 is 20.1 Å². The first kappa shape index (κ1) is 29.3. The molecular formula is C28H30ClN3O7S. The highest BCUT2D eigenvalue weighted by Gasteiger charge is 2.28. The molecule has 2 N–H and O–H groups in total. The summed E-state index contributed by atoms with van der Waals surface area (Å²) in [7, 11) is -0.717. The number of carbonyl (C=O) groups excluding carboxylic acids is 2. The summed E-state index contributed by atoms with van der Waals surface area (Å²) in [6.07, 6.45) is 0.542. The first-order valence-corrected chi connectivity index (χ1v) is 14.3. The van der Waals surface area contributed by atoms with Crippen molar-refractivity contribution in [1.82, 2.24) is 9.62 Å².